The summed E-state index contributed by atoms with van der Waals surface area (Å²) in [5.41, 5.74) is 0.205. The number of halogens is 1. The van der Waals surface area contributed by atoms with E-state index in [1.54, 1.807) is 0 Å². The lowest BCUT2D eigenvalue weighted by atomic mass is 9.87. The first-order chi connectivity index (χ1) is 6.62. The topological polar surface area (TPSA) is 26.0 Å². The molecule has 2 nitrogen and oxygen atoms in total. The van der Waals surface area contributed by atoms with Crippen LogP contribution in [-0.2, 0) is 5.41 Å². The molecule has 0 amide bonds. The second-order valence-electron chi connectivity index (χ2n) is 4.45. The SMILES string of the molecule is CC(Cl)c1ncc(C2(C)CCCC2)o1. The third kappa shape index (κ3) is 1.68. The van der Waals surface area contributed by atoms with Crippen molar-refractivity contribution >= 4 is 11.6 Å². The van der Waals surface area contributed by atoms with Crippen LogP contribution in [0.3, 0.4) is 0 Å². The number of hydrogen-bond acceptors (Lipinski definition) is 2. The van der Waals surface area contributed by atoms with Crippen LogP contribution in [0.4, 0.5) is 0 Å². The molecule has 0 saturated heterocycles. The van der Waals surface area contributed by atoms with Gasteiger partial charge in [-0.15, -0.1) is 11.6 Å². The highest BCUT2D eigenvalue weighted by Crippen LogP contribution is 2.41. The van der Waals surface area contributed by atoms with E-state index in [-0.39, 0.29) is 10.8 Å². The van der Waals surface area contributed by atoms with E-state index in [2.05, 4.69) is 11.9 Å². The number of alkyl halides is 1. The molecule has 0 radical (unpaired) electrons. The van der Waals surface area contributed by atoms with Crippen LogP contribution >= 0.6 is 11.6 Å². The van der Waals surface area contributed by atoms with E-state index >= 15 is 0 Å². The van der Waals surface area contributed by atoms with Gasteiger partial charge in [-0.05, 0) is 19.8 Å². The van der Waals surface area contributed by atoms with Crippen LogP contribution in [0, 0.1) is 0 Å². The summed E-state index contributed by atoms with van der Waals surface area (Å²) in [4.78, 5) is 4.21. The van der Waals surface area contributed by atoms with Gasteiger partial charge in [0.1, 0.15) is 11.1 Å². The summed E-state index contributed by atoms with van der Waals surface area (Å²) in [6.45, 7) is 4.14. The van der Waals surface area contributed by atoms with Gasteiger partial charge in [-0.2, -0.15) is 0 Å². The Hall–Kier alpha value is -0.500. The van der Waals surface area contributed by atoms with E-state index in [9.17, 15) is 0 Å². The molecular weight excluding hydrogens is 198 g/mol. The van der Waals surface area contributed by atoms with Crippen molar-refractivity contribution in [1.82, 2.24) is 4.98 Å². The summed E-state index contributed by atoms with van der Waals surface area (Å²) in [6.07, 6.45) is 6.85. The van der Waals surface area contributed by atoms with Gasteiger partial charge in [-0.3, -0.25) is 0 Å². The molecular formula is C11H16ClNO. The highest BCUT2D eigenvalue weighted by Gasteiger charge is 2.34. The van der Waals surface area contributed by atoms with Crippen LogP contribution < -0.4 is 0 Å². The lowest BCUT2D eigenvalue weighted by Crippen LogP contribution is -2.15. The van der Waals surface area contributed by atoms with Crippen LogP contribution in [0.1, 0.15) is 56.6 Å². The summed E-state index contributed by atoms with van der Waals surface area (Å²) in [6, 6.07) is 0. The summed E-state index contributed by atoms with van der Waals surface area (Å²) < 4.78 is 5.69. The Kier molecular flexibility index (Phi) is 2.56. The van der Waals surface area contributed by atoms with E-state index in [0.717, 1.165) is 5.76 Å². The van der Waals surface area contributed by atoms with Gasteiger partial charge in [0.2, 0.25) is 5.89 Å². The van der Waals surface area contributed by atoms with Gasteiger partial charge in [0, 0.05) is 5.41 Å². The maximum atomic E-state index is 5.91. The fraction of sp³-hybridized carbons (Fsp3) is 0.727. The molecule has 78 valence electrons. The predicted molar refractivity (Wildman–Crippen MR) is 56.6 cm³/mol. The summed E-state index contributed by atoms with van der Waals surface area (Å²) in [7, 11) is 0. The minimum atomic E-state index is -0.131. The van der Waals surface area contributed by atoms with E-state index in [1.807, 2.05) is 13.1 Å². The molecule has 1 aromatic rings. The molecule has 14 heavy (non-hydrogen) atoms. The molecule has 0 N–H and O–H groups in total. The van der Waals surface area contributed by atoms with Crippen LogP contribution in [0.2, 0.25) is 0 Å². The fourth-order valence-corrected chi connectivity index (χ4v) is 2.25. The zero-order valence-corrected chi connectivity index (χ0v) is 9.47. The lowest BCUT2D eigenvalue weighted by Gasteiger charge is -2.19. The monoisotopic (exact) mass is 213 g/mol. The van der Waals surface area contributed by atoms with E-state index in [1.165, 1.54) is 25.7 Å². The number of aromatic nitrogens is 1. The molecule has 1 atom stereocenters. The van der Waals surface area contributed by atoms with Crippen LogP contribution in [0.15, 0.2) is 10.6 Å². The van der Waals surface area contributed by atoms with Gasteiger partial charge in [0.25, 0.3) is 0 Å². The van der Waals surface area contributed by atoms with Gasteiger partial charge in [0.15, 0.2) is 0 Å². The predicted octanol–water partition coefficient (Wildman–Crippen LogP) is 3.81. The number of hydrogen-bond donors (Lipinski definition) is 0. The van der Waals surface area contributed by atoms with E-state index < -0.39 is 0 Å². The summed E-state index contributed by atoms with van der Waals surface area (Å²) in [5, 5.41) is -0.131. The summed E-state index contributed by atoms with van der Waals surface area (Å²) in [5.74, 6) is 1.66. The molecule has 1 heterocycles. The highest BCUT2D eigenvalue weighted by molar-refractivity contribution is 6.20. The Bertz CT molecular complexity index is 313. The zero-order valence-electron chi connectivity index (χ0n) is 8.72. The molecule has 1 fully saturated rings. The average Bonchev–Trinajstić information content (AvgIpc) is 2.71. The first-order valence-electron chi connectivity index (χ1n) is 5.22. The molecule has 2 rings (SSSR count). The minimum absolute atomic E-state index is 0.131. The molecule has 1 aliphatic carbocycles. The van der Waals surface area contributed by atoms with E-state index in [4.69, 9.17) is 16.0 Å². The number of nitrogens with zero attached hydrogens (tertiary/aromatic N) is 1. The molecule has 0 bridgehead atoms. The van der Waals surface area contributed by atoms with E-state index in [0.29, 0.717) is 5.89 Å². The van der Waals surface area contributed by atoms with Gasteiger partial charge in [-0.1, -0.05) is 19.8 Å². The van der Waals surface area contributed by atoms with Crippen molar-refractivity contribution in [3.05, 3.63) is 17.8 Å². The van der Waals surface area contributed by atoms with Gasteiger partial charge in [0.05, 0.1) is 6.20 Å². The molecule has 3 heteroatoms. The van der Waals surface area contributed by atoms with Crippen LogP contribution in [-0.4, -0.2) is 4.98 Å². The first kappa shape index (κ1) is 10.0. The van der Waals surface area contributed by atoms with Crippen molar-refractivity contribution in [2.45, 2.75) is 50.3 Å². The van der Waals surface area contributed by atoms with Crippen LogP contribution in [0.5, 0.6) is 0 Å². The molecule has 1 aromatic heterocycles. The molecule has 0 spiro atoms. The molecule has 1 unspecified atom stereocenters. The van der Waals surface area contributed by atoms with Crippen LogP contribution in [0.25, 0.3) is 0 Å². The van der Waals surface area contributed by atoms with Gasteiger partial charge < -0.3 is 4.42 Å². The third-order valence-electron chi connectivity index (χ3n) is 3.17. The van der Waals surface area contributed by atoms with Crippen molar-refractivity contribution in [2.24, 2.45) is 0 Å². The fourth-order valence-electron chi connectivity index (χ4n) is 2.15. The standard InChI is InChI=1S/C11H16ClNO/c1-8(12)10-13-7-9(14-10)11(2)5-3-4-6-11/h7-8H,3-6H2,1-2H3. The van der Waals surface area contributed by atoms with Crippen molar-refractivity contribution in [3.63, 3.8) is 0 Å². The van der Waals surface area contributed by atoms with Crippen molar-refractivity contribution in [1.29, 1.82) is 0 Å². The Morgan fingerprint density at radius 2 is 2.14 bits per heavy atom. The number of rotatable bonds is 2. The lowest BCUT2D eigenvalue weighted by molar-refractivity contribution is 0.348. The molecule has 0 aromatic carbocycles. The Labute approximate surface area is 89.7 Å². The Morgan fingerprint density at radius 1 is 1.50 bits per heavy atom. The molecule has 1 aliphatic rings. The maximum absolute atomic E-state index is 5.91. The second kappa shape index (κ2) is 3.58. The molecule has 1 saturated carbocycles. The number of oxazole rings is 1. The Balaban J connectivity index is 2.23. The maximum Gasteiger partial charge on any atom is 0.212 e. The average molecular weight is 214 g/mol. The van der Waals surface area contributed by atoms with Crippen molar-refractivity contribution in [3.8, 4) is 0 Å². The Morgan fingerprint density at radius 3 is 2.64 bits per heavy atom. The first-order valence-corrected chi connectivity index (χ1v) is 5.66. The summed E-state index contributed by atoms with van der Waals surface area (Å²) >= 11 is 5.91. The normalized spacial score (nSPS) is 22.5. The largest absolute Gasteiger partial charge is 0.444 e. The minimum Gasteiger partial charge on any atom is -0.444 e. The van der Waals surface area contributed by atoms with Gasteiger partial charge in [-0.25, -0.2) is 4.98 Å². The smallest absolute Gasteiger partial charge is 0.212 e. The van der Waals surface area contributed by atoms with Gasteiger partial charge >= 0.3 is 0 Å². The highest BCUT2D eigenvalue weighted by atomic mass is 35.5. The van der Waals surface area contributed by atoms with Crippen molar-refractivity contribution < 1.29 is 4.42 Å². The third-order valence-corrected chi connectivity index (χ3v) is 3.35. The quantitative estimate of drug-likeness (QED) is 0.699. The zero-order chi connectivity index (χ0) is 10.2. The second-order valence-corrected chi connectivity index (χ2v) is 5.10. The molecule has 0 aliphatic heterocycles. The van der Waals surface area contributed by atoms with Crippen molar-refractivity contribution in [2.75, 3.05) is 0 Å².